The predicted molar refractivity (Wildman–Crippen MR) is 135 cm³/mol. The van der Waals surface area contributed by atoms with E-state index < -0.39 is 27.7 Å². The van der Waals surface area contributed by atoms with E-state index in [4.69, 9.17) is 9.15 Å². The van der Waals surface area contributed by atoms with Gasteiger partial charge in [0.15, 0.2) is 0 Å². The van der Waals surface area contributed by atoms with Crippen LogP contribution in [0, 0.1) is 19.8 Å². The Labute approximate surface area is 203 Å². The second-order valence-electron chi connectivity index (χ2n) is 8.72. The van der Waals surface area contributed by atoms with Crippen molar-refractivity contribution in [1.82, 2.24) is 4.72 Å². The largest absolute Gasteiger partial charge is 0.425 e. The van der Waals surface area contributed by atoms with E-state index in [9.17, 15) is 18.0 Å². The predicted octanol–water partition coefficient (Wildman–Crippen LogP) is 4.86. The number of aryl methyl sites for hydroxylation is 2. The molecule has 0 aliphatic rings. The van der Waals surface area contributed by atoms with Crippen molar-refractivity contribution in [2.24, 2.45) is 5.92 Å². The summed E-state index contributed by atoms with van der Waals surface area (Å²) in [6.07, 6.45) is 0.549. The zero-order valence-corrected chi connectivity index (χ0v) is 20.8. The number of hydrogen-bond acceptors (Lipinski definition) is 6. The lowest BCUT2D eigenvalue weighted by atomic mass is 10.0. The molecule has 0 aliphatic carbocycles. The maximum absolute atomic E-state index is 13.2. The molecule has 0 fully saturated rings. The maximum Gasteiger partial charge on any atom is 0.344 e. The SMILES string of the molecule is CC[C@@H](C)[C@@H](NS(=O)(=O)c1ccc(C)cc1)C(=O)Oc1ccc2c(oc(=O)c3ccccc32)c1C. The highest BCUT2D eigenvalue weighted by atomic mass is 32.2. The van der Waals surface area contributed by atoms with Crippen molar-refractivity contribution in [1.29, 1.82) is 0 Å². The monoisotopic (exact) mass is 493 g/mol. The topological polar surface area (TPSA) is 103 Å². The molecule has 0 saturated heterocycles. The van der Waals surface area contributed by atoms with Gasteiger partial charge in [0, 0.05) is 10.9 Å². The summed E-state index contributed by atoms with van der Waals surface area (Å²) in [6.45, 7) is 7.20. The number of ether oxygens (including phenoxy) is 1. The summed E-state index contributed by atoms with van der Waals surface area (Å²) in [6, 6.07) is 15.8. The quantitative estimate of drug-likeness (QED) is 0.171. The summed E-state index contributed by atoms with van der Waals surface area (Å²) in [5.41, 5.74) is 1.23. The molecule has 0 spiro atoms. The van der Waals surface area contributed by atoms with Crippen LogP contribution in [0.15, 0.2) is 74.8 Å². The Hall–Kier alpha value is -3.49. The third-order valence-electron chi connectivity index (χ3n) is 6.28. The second kappa shape index (κ2) is 9.64. The number of fused-ring (bicyclic) bond motifs is 3. The van der Waals surface area contributed by atoms with E-state index in [1.807, 2.05) is 26.0 Å². The lowest BCUT2D eigenvalue weighted by molar-refractivity contribution is -0.137. The lowest BCUT2D eigenvalue weighted by Crippen LogP contribution is -2.47. The fraction of sp³-hybridized carbons (Fsp3) is 0.259. The van der Waals surface area contributed by atoms with Gasteiger partial charge in [0.2, 0.25) is 10.0 Å². The number of sulfonamides is 1. The van der Waals surface area contributed by atoms with Crippen LogP contribution in [0.3, 0.4) is 0 Å². The van der Waals surface area contributed by atoms with Gasteiger partial charge in [-0.25, -0.2) is 18.0 Å². The molecule has 0 bridgehead atoms. The van der Waals surface area contributed by atoms with Crippen LogP contribution in [0.2, 0.25) is 0 Å². The van der Waals surface area contributed by atoms with Gasteiger partial charge < -0.3 is 9.15 Å². The van der Waals surface area contributed by atoms with Crippen LogP contribution in [0.25, 0.3) is 21.7 Å². The molecule has 0 amide bonds. The van der Waals surface area contributed by atoms with Gasteiger partial charge in [-0.05, 0) is 55.5 Å². The van der Waals surface area contributed by atoms with E-state index in [1.165, 1.54) is 12.1 Å². The Balaban J connectivity index is 1.68. The molecule has 1 N–H and O–H groups in total. The Bertz CT molecular complexity index is 1570. The van der Waals surface area contributed by atoms with Crippen molar-refractivity contribution in [3.05, 3.63) is 82.2 Å². The number of carbonyl (C=O) groups is 1. The zero-order chi connectivity index (χ0) is 25.3. The standard InChI is InChI=1S/C27H27NO6S/c1-5-17(3)24(28-35(31,32)19-12-10-16(2)11-13-19)27(30)33-23-15-14-21-20-8-6-7-9-22(20)26(29)34-25(21)18(23)4/h6-15,17,24,28H,5H2,1-4H3/t17-,24-/m1/s1. The highest BCUT2D eigenvalue weighted by molar-refractivity contribution is 7.89. The fourth-order valence-corrected chi connectivity index (χ4v) is 5.22. The minimum absolute atomic E-state index is 0.0692. The third-order valence-corrected chi connectivity index (χ3v) is 7.74. The first-order valence-corrected chi connectivity index (χ1v) is 12.9. The van der Waals surface area contributed by atoms with Crippen molar-refractivity contribution in [3.8, 4) is 5.75 Å². The van der Waals surface area contributed by atoms with Gasteiger partial charge in [0.05, 0.1) is 10.3 Å². The molecule has 0 radical (unpaired) electrons. The van der Waals surface area contributed by atoms with Crippen molar-refractivity contribution < 1.29 is 22.4 Å². The molecule has 0 unspecified atom stereocenters. The van der Waals surface area contributed by atoms with Crippen LogP contribution in [-0.4, -0.2) is 20.4 Å². The van der Waals surface area contributed by atoms with E-state index in [2.05, 4.69) is 4.72 Å². The average Bonchev–Trinajstić information content (AvgIpc) is 2.84. The summed E-state index contributed by atoms with van der Waals surface area (Å²) < 4.78 is 39.7. The number of nitrogens with one attached hydrogen (secondary N) is 1. The molecule has 4 rings (SSSR count). The summed E-state index contributed by atoms with van der Waals surface area (Å²) in [4.78, 5) is 25.7. The van der Waals surface area contributed by atoms with Gasteiger partial charge in [-0.2, -0.15) is 4.72 Å². The molecular formula is C27H27NO6S. The maximum atomic E-state index is 13.2. The molecule has 1 aromatic heterocycles. The lowest BCUT2D eigenvalue weighted by Gasteiger charge is -2.23. The van der Waals surface area contributed by atoms with Crippen LogP contribution < -0.4 is 15.1 Å². The van der Waals surface area contributed by atoms with Gasteiger partial charge in [-0.3, -0.25) is 0 Å². The van der Waals surface area contributed by atoms with Gasteiger partial charge >= 0.3 is 11.6 Å². The molecule has 35 heavy (non-hydrogen) atoms. The zero-order valence-electron chi connectivity index (χ0n) is 20.0. The summed E-state index contributed by atoms with van der Waals surface area (Å²) in [5.74, 6) is -0.866. The third kappa shape index (κ3) is 4.85. The Kier molecular flexibility index (Phi) is 6.78. The van der Waals surface area contributed by atoms with Gasteiger partial charge in [0.25, 0.3) is 0 Å². The first kappa shape index (κ1) is 24.6. The molecule has 0 aliphatic heterocycles. The van der Waals surface area contributed by atoms with Crippen LogP contribution in [0.4, 0.5) is 0 Å². The minimum atomic E-state index is -3.95. The Morgan fingerprint density at radius 1 is 0.971 bits per heavy atom. The first-order valence-electron chi connectivity index (χ1n) is 11.4. The summed E-state index contributed by atoms with van der Waals surface area (Å²) >= 11 is 0. The molecule has 4 aromatic rings. The van der Waals surface area contributed by atoms with Crippen LogP contribution in [0.1, 0.15) is 31.4 Å². The van der Waals surface area contributed by atoms with Crippen LogP contribution in [-0.2, 0) is 14.8 Å². The number of rotatable bonds is 7. The second-order valence-corrected chi connectivity index (χ2v) is 10.4. The fourth-order valence-electron chi connectivity index (χ4n) is 3.93. The molecular weight excluding hydrogens is 466 g/mol. The van der Waals surface area contributed by atoms with Gasteiger partial charge in [-0.15, -0.1) is 0 Å². The van der Waals surface area contributed by atoms with Crippen molar-refractivity contribution in [2.45, 2.75) is 45.1 Å². The number of carbonyl (C=O) groups excluding carboxylic acids is 1. The van der Waals surface area contributed by atoms with E-state index >= 15 is 0 Å². The molecule has 8 heteroatoms. The Morgan fingerprint density at radius 2 is 1.63 bits per heavy atom. The first-order chi connectivity index (χ1) is 16.6. The highest BCUT2D eigenvalue weighted by Gasteiger charge is 2.32. The van der Waals surface area contributed by atoms with Crippen LogP contribution in [0.5, 0.6) is 5.75 Å². The molecule has 182 valence electrons. The molecule has 2 atom stereocenters. The number of benzene rings is 3. The summed E-state index contributed by atoms with van der Waals surface area (Å²) in [7, 11) is -3.95. The van der Waals surface area contributed by atoms with Gasteiger partial charge in [-0.1, -0.05) is 56.2 Å². The van der Waals surface area contributed by atoms with E-state index in [1.54, 1.807) is 50.2 Å². The Morgan fingerprint density at radius 3 is 2.29 bits per heavy atom. The van der Waals surface area contributed by atoms with E-state index in [-0.39, 0.29) is 16.6 Å². The van der Waals surface area contributed by atoms with Crippen LogP contribution >= 0.6 is 0 Å². The van der Waals surface area contributed by atoms with Crippen molar-refractivity contribution in [2.75, 3.05) is 0 Å². The molecule has 7 nitrogen and oxygen atoms in total. The van der Waals surface area contributed by atoms with Gasteiger partial charge in [0.1, 0.15) is 17.4 Å². The number of esters is 1. The minimum Gasteiger partial charge on any atom is -0.425 e. The van der Waals surface area contributed by atoms with E-state index in [0.29, 0.717) is 23.0 Å². The normalized spacial score (nSPS) is 13.6. The van der Waals surface area contributed by atoms with Crippen molar-refractivity contribution >= 4 is 37.7 Å². The summed E-state index contributed by atoms with van der Waals surface area (Å²) in [5, 5.41) is 1.92. The average molecular weight is 494 g/mol. The van der Waals surface area contributed by atoms with Crippen molar-refractivity contribution in [3.63, 3.8) is 0 Å². The highest BCUT2D eigenvalue weighted by Crippen LogP contribution is 2.31. The molecule has 3 aromatic carbocycles. The molecule has 1 heterocycles. The molecule has 0 saturated carbocycles. The smallest absolute Gasteiger partial charge is 0.344 e. The number of hydrogen-bond donors (Lipinski definition) is 1. The van der Waals surface area contributed by atoms with E-state index in [0.717, 1.165) is 16.3 Å².